The van der Waals surface area contributed by atoms with Crippen LogP contribution in [0.25, 0.3) is 11.5 Å². The van der Waals surface area contributed by atoms with Crippen molar-refractivity contribution in [2.24, 2.45) is 0 Å². The number of ether oxygens (including phenoxy) is 1. The van der Waals surface area contributed by atoms with Gasteiger partial charge < -0.3 is 13.8 Å². The standard InChI is InChI=1S/C19H23N5O3/c1-14-11-16(21-26-14)12-23-7-9-24(10-8-23)13-18-20-19(27-22-18)15-3-5-17(25-2)6-4-15/h3-6,11H,7-10,12-13H2,1-2H3. The van der Waals surface area contributed by atoms with Crippen LogP contribution in [0.4, 0.5) is 0 Å². The SMILES string of the molecule is COc1ccc(-c2nc(CN3CCN(Cc4cc(C)on4)CC3)no2)cc1. The molecule has 0 saturated carbocycles. The average Bonchev–Trinajstić information content (AvgIpc) is 3.32. The van der Waals surface area contributed by atoms with Crippen molar-refractivity contribution in [2.75, 3.05) is 33.3 Å². The molecular weight excluding hydrogens is 346 g/mol. The summed E-state index contributed by atoms with van der Waals surface area (Å²) in [4.78, 5) is 9.25. The van der Waals surface area contributed by atoms with Crippen LogP contribution in [0.2, 0.25) is 0 Å². The Morgan fingerprint density at radius 3 is 2.30 bits per heavy atom. The van der Waals surface area contributed by atoms with Crippen LogP contribution >= 0.6 is 0 Å². The number of hydrogen-bond acceptors (Lipinski definition) is 8. The third kappa shape index (κ3) is 4.35. The highest BCUT2D eigenvalue weighted by Crippen LogP contribution is 2.21. The molecule has 1 aliphatic heterocycles. The van der Waals surface area contributed by atoms with Gasteiger partial charge in [0, 0.05) is 44.4 Å². The van der Waals surface area contributed by atoms with Gasteiger partial charge in [0.2, 0.25) is 0 Å². The van der Waals surface area contributed by atoms with E-state index in [4.69, 9.17) is 13.8 Å². The molecule has 0 unspecified atom stereocenters. The topological polar surface area (TPSA) is 80.7 Å². The maximum Gasteiger partial charge on any atom is 0.257 e. The summed E-state index contributed by atoms with van der Waals surface area (Å²) < 4.78 is 15.7. The van der Waals surface area contributed by atoms with Crippen LogP contribution in [-0.4, -0.2) is 58.4 Å². The molecule has 0 amide bonds. The minimum Gasteiger partial charge on any atom is -0.497 e. The second-order valence-electron chi connectivity index (χ2n) is 6.73. The van der Waals surface area contributed by atoms with Crippen molar-refractivity contribution >= 4 is 0 Å². The Labute approximate surface area is 157 Å². The minimum absolute atomic E-state index is 0.535. The van der Waals surface area contributed by atoms with Gasteiger partial charge in [-0.3, -0.25) is 9.80 Å². The molecular formula is C19H23N5O3. The van der Waals surface area contributed by atoms with Gasteiger partial charge >= 0.3 is 0 Å². The van der Waals surface area contributed by atoms with Crippen LogP contribution in [0, 0.1) is 6.92 Å². The monoisotopic (exact) mass is 369 g/mol. The Balaban J connectivity index is 1.29. The second kappa shape index (κ2) is 7.89. The number of hydrogen-bond donors (Lipinski definition) is 0. The molecule has 3 heterocycles. The first-order chi connectivity index (χ1) is 13.2. The van der Waals surface area contributed by atoms with Gasteiger partial charge in [-0.25, -0.2) is 0 Å². The minimum atomic E-state index is 0.535. The van der Waals surface area contributed by atoms with Gasteiger partial charge in [-0.2, -0.15) is 4.98 Å². The third-order valence-electron chi connectivity index (χ3n) is 4.70. The molecule has 142 valence electrons. The molecule has 1 fully saturated rings. The van der Waals surface area contributed by atoms with E-state index in [1.807, 2.05) is 37.3 Å². The predicted molar refractivity (Wildman–Crippen MR) is 98.1 cm³/mol. The number of aromatic nitrogens is 3. The van der Waals surface area contributed by atoms with Crippen molar-refractivity contribution in [3.05, 3.63) is 47.6 Å². The zero-order valence-electron chi connectivity index (χ0n) is 15.6. The molecule has 0 aliphatic carbocycles. The molecule has 0 spiro atoms. The maximum absolute atomic E-state index is 5.41. The van der Waals surface area contributed by atoms with E-state index in [9.17, 15) is 0 Å². The van der Waals surface area contributed by atoms with Crippen molar-refractivity contribution in [3.63, 3.8) is 0 Å². The molecule has 3 aromatic rings. The largest absolute Gasteiger partial charge is 0.497 e. The Bertz CT molecular complexity index is 866. The van der Waals surface area contributed by atoms with Gasteiger partial charge in [0.05, 0.1) is 19.3 Å². The molecule has 0 N–H and O–H groups in total. The normalized spacial score (nSPS) is 15.9. The number of nitrogens with zero attached hydrogens (tertiary/aromatic N) is 5. The summed E-state index contributed by atoms with van der Waals surface area (Å²) in [5, 5.41) is 8.19. The van der Waals surface area contributed by atoms with Crippen molar-refractivity contribution < 1.29 is 13.8 Å². The van der Waals surface area contributed by atoms with Crippen LogP contribution in [-0.2, 0) is 13.1 Å². The fourth-order valence-electron chi connectivity index (χ4n) is 3.20. The lowest BCUT2D eigenvalue weighted by atomic mass is 10.2. The molecule has 8 nitrogen and oxygen atoms in total. The van der Waals surface area contributed by atoms with Crippen LogP contribution < -0.4 is 4.74 Å². The number of benzene rings is 1. The van der Waals surface area contributed by atoms with Crippen LogP contribution in [0.5, 0.6) is 5.75 Å². The maximum atomic E-state index is 5.41. The summed E-state index contributed by atoms with van der Waals surface area (Å²) in [5.74, 6) is 2.90. The summed E-state index contributed by atoms with van der Waals surface area (Å²) in [7, 11) is 1.65. The number of rotatable bonds is 6. The lowest BCUT2D eigenvalue weighted by molar-refractivity contribution is 0.117. The Kier molecular flexibility index (Phi) is 5.17. The van der Waals surface area contributed by atoms with Gasteiger partial charge in [0.15, 0.2) is 5.82 Å². The Morgan fingerprint density at radius 1 is 0.963 bits per heavy atom. The van der Waals surface area contributed by atoms with Crippen molar-refractivity contribution in [2.45, 2.75) is 20.0 Å². The van der Waals surface area contributed by atoms with E-state index in [1.54, 1.807) is 7.11 Å². The molecule has 1 aromatic carbocycles. The lowest BCUT2D eigenvalue weighted by Crippen LogP contribution is -2.45. The zero-order valence-corrected chi connectivity index (χ0v) is 15.6. The molecule has 0 radical (unpaired) electrons. The molecule has 1 aliphatic rings. The molecule has 1 saturated heterocycles. The van der Waals surface area contributed by atoms with Gasteiger partial charge in [-0.15, -0.1) is 0 Å². The smallest absolute Gasteiger partial charge is 0.257 e. The quantitative estimate of drug-likeness (QED) is 0.655. The molecule has 2 aromatic heterocycles. The fraction of sp³-hybridized carbons (Fsp3) is 0.421. The van der Waals surface area contributed by atoms with Gasteiger partial charge in [0.1, 0.15) is 11.5 Å². The van der Waals surface area contributed by atoms with Crippen LogP contribution in [0.15, 0.2) is 39.4 Å². The van der Waals surface area contributed by atoms with Crippen LogP contribution in [0.3, 0.4) is 0 Å². The lowest BCUT2D eigenvalue weighted by Gasteiger charge is -2.33. The van der Waals surface area contributed by atoms with Crippen molar-refractivity contribution in [1.29, 1.82) is 0 Å². The summed E-state index contributed by atoms with van der Waals surface area (Å²) >= 11 is 0. The molecule has 0 bridgehead atoms. The number of methoxy groups -OCH3 is 1. The van der Waals surface area contributed by atoms with Gasteiger partial charge in [-0.1, -0.05) is 10.3 Å². The molecule has 8 heteroatoms. The average molecular weight is 369 g/mol. The fourth-order valence-corrected chi connectivity index (χ4v) is 3.20. The first-order valence-electron chi connectivity index (χ1n) is 9.03. The summed E-state index contributed by atoms with van der Waals surface area (Å²) in [6, 6.07) is 9.59. The number of aryl methyl sites for hydroxylation is 1. The summed E-state index contributed by atoms with van der Waals surface area (Å²) in [5.41, 5.74) is 1.88. The van der Waals surface area contributed by atoms with E-state index in [0.29, 0.717) is 18.3 Å². The van der Waals surface area contributed by atoms with Crippen LogP contribution in [0.1, 0.15) is 17.3 Å². The summed E-state index contributed by atoms with van der Waals surface area (Å²) in [6.07, 6.45) is 0. The van der Waals surface area contributed by atoms with E-state index in [2.05, 4.69) is 25.1 Å². The molecule has 4 rings (SSSR count). The first kappa shape index (κ1) is 17.7. The number of piperazine rings is 1. The Hall–Kier alpha value is -2.71. The van der Waals surface area contributed by atoms with Crippen molar-refractivity contribution in [3.8, 4) is 17.2 Å². The highest BCUT2D eigenvalue weighted by Gasteiger charge is 2.20. The third-order valence-corrected chi connectivity index (χ3v) is 4.70. The zero-order chi connectivity index (χ0) is 18.6. The van der Waals surface area contributed by atoms with Gasteiger partial charge in [0.25, 0.3) is 5.89 Å². The van der Waals surface area contributed by atoms with E-state index < -0.39 is 0 Å². The predicted octanol–water partition coefficient (Wildman–Crippen LogP) is 2.36. The van der Waals surface area contributed by atoms with Crippen molar-refractivity contribution in [1.82, 2.24) is 25.1 Å². The Morgan fingerprint density at radius 2 is 1.67 bits per heavy atom. The van der Waals surface area contributed by atoms with E-state index in [-0.39, 0.29) is 0 Å². The first-order valence-corrected chi connectivity index (χ1v) is 9.03. The summed E-state index contributed by atoms with van der Waals surface area (Å²) in [6.45, 7) is 7.32. The second-order valence-corrected chi connectivity index (χ2v) is 6.73. The molecule has 0 atom stereocenters. The van der Waals surface area contributed by atoms with E-state index >= 15 is 0 Å². The van der Waals surface area contributed by atoms with Gasteiger partial charge in [-0.05, 0) is 31.2 Å². The van der Waals surface area contributed by atoms with E-state index in [1.165, 1.54) is 0 Å². The van der Waals surface area contributed by atoms with E-state index in [0.717, 1.165) is 55.5 Å². The molecule has 27 heavy (non-hydrogen) atoms. The highest BCUT2D eigenvalue weighted by atomic mass is 16.5. The highest BCUT2D eigenvalue weighted by molar-refractivity contribution is 5.54.